The minimum absolute atomic E-state index is 0.473. The highest BCUT2D eigenvalue weighted by atomic mass is 16.5. The van der Waals surface area contributed by atoms with Crippen LogP contribution in [-0.2, 0) is 18.3 Å². The molecule has 120 valence electrons. The lowest BCUT2D eigenvalue weighted by Crippen LogP contribution is -2.26. The van der Waals surface area contributed by atoms with Gasteiger partial charge in [0.2, 0.25) is 0 Å². The predicted molar refractivity (Wildman–Crippen MR) is 90.6 cm³/mol. The van der Waals surface area contributed by atoms with Crippen molar-refractivity contribution in [2.24, 2.45) is 12.0 Å². The number of methoxy groups -OCH3 is 1. The van der Waals surface area contributed by atoms with E-state index in [4.69, 9.17) is 10.5 Å². The van der Waals surface area contributed by atoms with Gasteiger partial charge in [0.25, 0.3) is 0 Å². The van der Waals surface area contributed by atoms with Crippen LogP contribution in [0.5, 0.6) is 0 Å². The zero-order valence-corrected chi connectivity index (χ0v) is 13.4. The van der Waals surface area contributed by atoms with Gasteiger partial charge in [-0.3, -0.25) is 4.99 Å². The van der Waals surface area contributed by atoms with E-state index in [1.165, 1.54) is 0 Å². The molecule has 2 aromatic rings. The van der Waals surface area contributed by atoms with Crippen LogP contribution in [-0.4, -0.2) is 24.8 Å². The molecule has 0 unspecified atom stereocenters. The minimum Gasteiger partial charge on any atom is -0.385 e. The first-order chi connectivity index (χ1) is 11.2. The average Bonchev–Trinajstić information content (AvgIpc) is 2.58. The van der Waals surface area contributed by atoms with Crippen molar-refractivity contribution in [3.05, 3.63) is 53.0 Å². The molecule has 6 nitrogen and oxygen atoms in total. The van der Waals surface area contributed by atoms with Gasteiger partial charge in [-0.25, -0.2) is 0 Å². The average molecular weight is 311 g/mol. The summed E-state index contributed by atoms with van der Waals surface area (Å²) in [6.07, 6.45) is 0. The summed E-state index contributed by atoms with van der Waals surface area (Å²) in [5.74, 6) is 0.538. The Hall–Kier alpha value is -2.78. The maximum absolute atomic E-state index is 9.53. The molecule has 0 saturated heterocycles. The van der Waals surface area contributed by atoms with Gasteiger partial charge in [0.05, 0.1) is 18.8 Å². The fourth-order valence-electron chi connectivity index (χ4n) is 2.20. The first-order valence-electron chi connectivity index (χ1n) is 7.34. The van der Waals surface area contributed by atoms with E-state index in [0.29, 0.717) is 42.3 Å². The Kier molecular flexibility index (Phi) is 5.78. The summed E-state index contributed by atoms with van der Waals surface area (Å²) in [5, 5.41) is 12.8. The number of pyridine rings is 1. The van der Waals surface area contributed by atoms with Crippen molar-refractivity contribution in [1.29, 1.82) is 5.26 Å². The van der Waals surface area contributed by atoms with E-state index in [0.717, 1.165) is 5.56 Å². The van der Waals surface area contributed by atoms with Crippen LogP contribution in [0.15, 0.2) is 41.4 Å². The highest BCUT2D eigenvalue weighted by Gasteiger charge is 2.09. The van der Waals surface area contributed by atoms with Crippen molar-refractivity contribution in [3.63, 3.8) is 0 Å². The largest absolute Gasteiger partial charge is 0.385 e. The van der Waals surface area contributed by atoms with Crippen LogP contribution >= 0.6 is 0 Å². The van der Waals surface area contributed by atoms with E-state index in [1.54, 1.807) is 24.8 Å². The molecule has 6 heteroatoms. The summed E-state index contributed by atoms with van der Waals surface area (Å²) in [6, 6.07) is 14.0. The number of benzene rings is 1. The number of ether oxygens (including phenoxy) is 1. The quantitative estimate of drug-likeness (QED) is 0.794. The number of hydrogen-bond acceptors (Lipinski definition) is 5. The third-order valence-electron chi connectivity index (χ3n) is 3.48. The molecular weight excluding hydrogens is 290 g/mol. The van der Waals surface area contributed by atoms with Crippen LogP contribution in [0.4, 0.5) is 11.5 Å². The summed E-state index contributed by atoms with van der Waals surface area (Å²) in [4.78, 5) is 4.44. The fourth-order valence-corrected chi connectivity index (χ4v) is 2.20. The molecule has 0 fully saturated rings. The molecule has 1 aromatic carbocycles. The Balaban J connectivity index is 2.36. The minimum atomic E-state index is 0.473. The second-order valence-electron chi connectivity index (χ2n) is 5.07. The first-order valence-corrected chi connectivity index (χ1v) is 7.34. The summed E-state index contributed by atoms with van der Waals surface area (Å²) in [5.41, 5.74) is 8.89. The lowest BCUT2D eigenvalue weighted by Gasteiger charge is -2.13. The zero-order chi connectivity index (χ0) is 16.7. The monoisotopic (exact) mass is 311 g/mol. The van der Waals surface area contributed by atoms with E-state index in [9.17, 15) is 5.26 Å². The number of anilines is 2. The molecule has 1 aromatic heterocycles. The smallest absolute Gasteiger partial charge is 0.149 e. The summed E-state index contributed by atoms with van der Waals surface area (Å²) in [7, 11) is 3.41. The van der Waals surface area contributed by atoms with E-state index in [2.05, 4.69) is 16.4 Å². The Labute approximate surface area is 135 Å². The number of nitriles is 1. The molecule has 2 rings (SSSR count). The number of nitrogen functional groups attached to an aromatic ring is 1. The number of hydrogen-bond donors (Lipinski definition) is 2. The molecule has 0 amide bonds. The zero-order valence-electron chi connectivity index (χ0n) is 13.4. The molecule has 3 N–H and O–H groups in total. The Bertz CT molecular complexity index is 759. The van der Waals surface area contributed by atoms with Crippen molar-refractivity contribution >= 4 is 11.5 Å². The fraction of sp³-hybridized carbons (Fsp3) is 0.294. The SMILES string of the molecule is COCCN=c1c(C#N)c(NCc2ccccc2)cc(N)n1C. The lowest BCUT2D eigenvalue weighted by atomic mass is 10.2. The molecule has 23 heavy (non-hydrogen) atoms. The van der Waals surface area contributed by atoms with E-state index >= 15 is 0 Å². The number of nitrogens with two attached hydrogens (primary N) is 1. The Morgan fingerprint density at radius 3 is 2.74 bits per heavy atom. The molecule has 0 aliphatic carbocycles. The third kappa shape index (κ3) is 4.11. The van der Waals surface area contributed by atoms with Gasteiger partial charge in [0.15, 0.2) is 0 Å². The molecule has 0 bridgehead atoms. The van der Waals surface area contributed by atoms with Crippen molar-refractivity contribution in [3.8, 4) is 6.07 Å². The topological polar surface area (TPSA) is 88.4 Å². The molecule has 0 atom stereocenters. The standard InChI is InChI=1S/C17H21N5O/c1-22-16(19)10-15(21-12-13-6-4-3-5-7-13)14(11-18)17(22)20-8-9-23-2/h3-7,10,21H,8-9,12,19H2,1-2H3. The van der Waals surface area contributed by atoms with Crippen LogP contribution in [0.2, 0.25) is 0 Å². The Morgan fingerprint density at radius 1 is 1.35 bits per heavy atom. The highest BCUT2D eigenvalue weighted by Crippen LogP contribution is 2.15. The molecule has 0 spiro atoms. The van der Waals surface area contributed by atoms with Crippen molar-refractivity contribution < 1.29 is 4.74 Å². The van der Waals surface area contributed by atoms with Gasteiger partial charge in [-0.2, -0.15) is 5.26 Å². The van der Waals surface area contributed by atoms with Gasteiger partial charge in [0.1, 0.15) is 22.9 Å². The van der Waals surface area contributed by atoms with Crippen molar-refractivity contribution in [2.75, 3.05) is 31.3 Å². The number of rotatable bonds is 6. The lowest BCUT2D eigenvalue weighted by molar-refractivity contribution is 0.207. The van der Waals surface area contributed by atoms with E-state index in [1.807, 2.05) is 30.3 Å². The summed E-state index contributed by atoms with van der Waals surface area (Å²) >= 11 is 0. The normalized spacial score (nSPS) is 11.3. The number of nitrogens with one attached hydrogen (secondary N) is 1. The maximum Gasteiger partial charge on any atom is 0.149 e. The van der Waals surface area contributed by atoms with Gasteiger partial charge in [-0.1, -0.05) is 30.3 Å². The summed E-state index contributed by atoms with van der Waals surface area (Å²) in [6.45, 7) is 1.58. The molecule has 0 radical (unpaired) electrons. The summed E-state index contributed by atoms with van der Waals surface area (Å²) < 4.78 is 6.72. The van der Waals surface area contributed by atoms with Gasteiger partial charge in [0, 0.05) is 26.8 Å². The highest BCUT2D eigenvalue weighted by molar-refractivity contribution is 5.61. The van der Waals surface area contributed by atoms with E-state index < -0.39 is 0 Å². The second kappa shape index (κ2) is 8.01. The number of nitrogens with zero attached hydrogens (tertiary/aromatic N) is 3. The van der Waals surface area contributed by atoms with Crippen LogP contribution < -0.4 is 16.5 Å². The van der Waals surface area contributed by atoms with Crippen LogP contribution in [0, 0.1) is 11.3 Å². The maximum atomic E-state index is 9.53. The predicted octanol–water partition coefficient (Wildman–Crippen LogP) is 1.64. The molecule has 0 saturated carbocycles. The van der Waals surface area contributed by atoms with Crippen molar-refractivity contribution in [1.82, 2.24) is 4.57 Å². The molecule has 1 heterocycles. The van der Waals surface area contributed by atoms with Crippen molar-refractivity contribution in [2.45, 2.75) is 6.54 Å². The van der Waals surface area contributed by atoms with Gasteiger partial charge in [-0.05, 0) is 5.56 Å². The molecule has 0 aliphatic rings. The van der Waals surface area contributed by atoms with Gasteiger partial charge >= 0.3 is 0 Å². The van der Waals surface area contributed by atoms with Crippen LogP contribution in [0.25, 0.3) is 0 Å². The number of aromatic nitrogens is 1. The van der Waals surface area contributed by atoms with Crippen LogP contribution in [0.3, 0.4) is 0 Å². The van der Waals surface area contributed by atoms with Gasteiger partial charge in [-0.15, -0.1) is 0 Å². The molecular formula is C17H21N5O. The second-order valence-corrected chi connectivity index (χ2v) is 5.07. The van der Waals surface area contributed by atoms with Crippen LogP contribution in [0.1, 0.15) is 11.1 Å². The Morgan fingerprint density at radius 2 is 2.09 bits per heavy atom. The molecule has 0 aliphatic heterocycles. The third-order valence-corrected chi connectivity index (χ3v) is 3.48. The van der Waals surface area contributed by atoms with E-state index in [-0.39, 0.29) is 0 Å². The first kappa shape index (κ1) is 16.6. The van der Waals surface area contributed by atoms with Gasteiger partial charge < -0.3 is 20.4 Å².